The Balaban J connectivity index is 2.64. The van der Waals surface area contributed by atoms with Gasteiger partial charge in [0.15, 0.2) is 5.69 Å². The van der Waals surface area contributed by atoms with Crippen molar-refractivity contribution in [3.05, 3.63) is 11.4 Å². The lowest BCUT2D eigenvalue weighted by Crippen LogP contribution is -2.36. The second-order valence-electron chi connectivity index (χ2n) is 4.59. The van der Waals surface area contributed by atoms with Gasteiger partial charge in [-0.1, -0.05) is 5.16 Å². The van der Waals surface area contributed by atoms with Crippen LogP contribution in [0.4, 0.5) is 13.6 Å². The van der Waals surface area contributed by atoms with Crippen molar-refractivity contribution in [2.75, 3.05) is 0 Å². The van der Waals surface area contributed by atoms with Crippen LogP contribution >= 0.6 is 0 Å². The predicted molar refractivity (Wildman–Crippen MR) is 58.8 cm³/mol. The SMILES string of the molecule is CC(C)(C)OC(=O)NC(=O)c1nonc1COC(F)F. The zero-order chi connectivity index (χ0) is 15.3. The third-order valence-corrected chi connectivity index (χ3v) is 1.73. The molecule has 10 heteroatoms. The van der Waals surface area contributed by atoms with Crippen molar-refractivity contribution >= 4 is 12.0 Å². The van der Waals surface area contributed by atoms with Crippen LogP contribution in [-0.2, 0) is 16.1 Å². The Bertz CT molecular complexity index is 483. The van der Waals surface area contributed by atoms with Gasteiger partial charge in [-0.15, -0.1) is 0 Å². The Labute approximate surface area is 112 Å². The van der Waals surface area contributed by atoms with Crippen LogP contribution in [0.3, 0.4) is 0 Å². The molecule has 1 aromatic rings. The number of alkyl carbamates (subject to hydrolysis) is 1. The highest BCUT2D eigenvalue weighted by Crippen LogP contribution is 2.09. The number of carbonyl (C=O) groups is 2. The summed E-state index contributed by atoms with van der Waals surface area (Å²) in [7, 11) is 0. The van der Waals surface area contributed by atoms with Crippen LogP contribution in [0, 0.1) is 0 Å². The average molecular weight is 293 g/mol. The first-order valence-electron chi connectivity index (χ1n) is 5.44. The summed E-state index contributed by atoms with van der Waals surface area (Å²) in [5.74, 6) is -0.992. The Hall–Kier alpha value is -2.10. The molecule has 1 rings (SSSR count). The fourth-order valence-corrected chi connectivity index (χ4v) is 1.07. The molecule has 1 aromatic heterocycles. The smallest absolute Gasteiger partial charge is 0.414 e. The number of imide groups is 1. The number of nitrogens with zero attached hydrogens (tertiary/aromatic N) is 2. The minimum Gasteiger partial charge on any atom is -0.444 e. The van der Waals surface area contributed by atoms with Gasteiger partial charge in [0.2, 0.25) is 0 Å². The first-order chi connectivity index (χ1) is 9.19. The number of halogens is 2. The summed E-state index contributed by atoms with van der Waals surface area (Å²) in [6, 6.07) is 0. The molecule has 0 fully saturated rings. The molecule has 0 aliphatic rings. The summed E-state index contributed by atoms with van der Waals surface area (Å²) >= 11 is 0. The van der Waals surface area contributed by atoms with Crippen molar-refractivity contribution in [3.8, 4) is 0 Å². The van der Waals surface area contributed by atoms with E-state index in [1.54, 1.807) is 20.8 Å². The molecule has 8 nitrogen and oxygen atoms in total. The molecule has 0 unspecified atom stereocenters. The largest absolute Gasteiger partial charge is 0.444 e. The minimum atomic E-state index is -3.03. The molecule has 0 bridgehead atoms. The molecule has 0 atom stereocenters. The first kappa shape index (κ1) is 16.0. The quantitative estimate of drug-likeness (QED) is 0.896. The number of hydrogen-bond acceptors (Lipinski definition) is 7. The summed E-state index contributed by atoms with van der Waals surface area (Å²) in [5.41, 5.74) is -1.49. The van der Waals surface area contributed by atoms with Gasteiger partial charge in [-0.05, 0) is 25.9 Å². The molecule has 1 N–H and O–H groups in total. The second kappa shape index (κ2) is 6.37. The van der Waals surface area contributed by atoms with Gasteiger partial charge < -0.3 is 9.47 Å². The number of rotatable bonds is 4. The van der Waals surface area contributed by atoms with Gasteiger partial charge in [0.25, 0.3) is 5.91 Å². The number of ether oxygens (including phenoxy) is 2. The number of amides is 2. The van der Waals surface area contributed by atoms with E-state index in [1.165, 1.54) is 0 Å². The van der Waals surface area contributed by atoms with Crippen LogP contribution in [0.1, 0.15) is 37.0 Å². The standard InChI is InChI=1S/C10H13F2N3O5/c1-10(2,3)19-9(17)13-7(16)6-5(14-20-15-6)4-18-8(11)12/h8H,4H2,1-3H3,(H,13,16,17). The van der Waals surface area contributed by atoms with Gasteiger partial charge in [0.1, 0.15) is 17.9 Å². The van der Waals surface area contributed by atoms with Gasteiger partial charge in [0.05, 0.1) is 0 Å². The van der Waals surface area contributed by atoms with Crippen molar-refractivity contribution in [2.45, 2.75) is 39.6 Å². The third kappa shape index (κ3) is 5.26. The van der Waals surface area contributed by atoms with Crippen molar-refractivity contribution in [3.63, 3.8) is 0 Å². The van der Waals surface area contributed by atoms with Crippen molar-refractivity contribution in [1.82, 2.24) is 15.6 Å². The van der Waals surface area contributed by atoms with E-state index in [0.717, 1.165) is 0 Å². The molecule has 0 aliphatic carbocycles. The van der Waals surface area contributed by atoms with Gasteiger partial charge in [0, 0.05) is 0 Å². The molecular weight excluding hydrogens is 280 g/mol. The third-order valence-electron chi connectivity index (χ3n) is 1.73. The Morgan fingerprint density at radius 3 is 2.55 bits per heavy atom. The molecule has 0 radical (unpaired) electrons. The highest BCUT2D eigenvalue weighted by Gasteiger charge is 2.24. The van der Waals surface area contributed by atoms with E-state index in [-0.39, 0.29) is 5.69 Å². The number of nitrogens with one attached hydrogen (secondary N) is 1. The number of carbonyl (C=O) groups excluding carboxylic acids is 2. The zero-order valence-corrected chi connectivity index (χ0v) is 11.0. The van der Waals surface area contributed by atoms with Crippen LogP contribution in [0.5, 0.6) is 0 Å². The fraction of sp³-hybridized carbons (Fsp3) is 0.600. The maximum absolute atomic E-state index is 11.9. The molecule has 0 aliphatic heterocycles. The highest BCUT2D eigenvalue weighted by molar-refractivity contribution is 6.02. The van der Waals surface area contributed by atoms with Gasteiger partial charge >= 0.3 is 12.7 Å². The molecule has 0 saturated heterocycles. The van der Waals surface area contributed by atoms with Gasteiger partial charge in [-0.25, -0.2) is 9.42 Å². The summed E-state index contributed by atoms with van der Waals surface area (Å²) in [6.45, 7) is 1.11. The van der Waals surface area contributed by atoms with E-state index < -0.39 is 36.5 Å². The molecule has 0 aromatic carbocycles. The summed E-state index contributed by atoms with van der Waals surface area (Å²) < 4.78 is 36.8. The molecular formula is C10H13F2N3O5. The lowest BCUT2D eigenvalue weighted by molar-refractivity contribution is -0.138. The lowest BCUT2D eigenvalue weighted by atomic mass is 10.2. The number of alkyl halides is 2. The van der Waals surface area contributed by atoms with Crippen LogP contribution < -0.4 is 5.32 Å². The normalized spacial score (nSPS) is 11.5. The van der Waals surface area contributed by atoms with Crippen molar-refractivity contribution in [2.24, 2.45) is 0 Å². The monoisotopic (exact) mass is 293 g/mol. The van der Waals surface area contributed by atoms with Crippen LogP contribution in [0.2, 0.25) is 0 Å². The fourth-order valence-electron chi connectivity index (χ4n) is 1.07. The summed E-state index contributed by atoms with van der Waals surface area (Å²) in [5, 5.41) is 8.31. The predicted octanol–water partition coefficient (Wildman–Crippen LogP) is 1.47. The lowest BCUT2D eigenvalue weighted by Gasteiger charge is -2.18. The van der Waals surface area contributed by atoms with Crippen molar-refractivity contribution < 1.29 is 32.5 Å². The van der Waals surface area contributed by atoms with E-state index in [0.29, 0.717) is 0 Å². The Morgan fingerprint density at radius 1 is 1.35 bits per heavy atom. The number of hydrogen-bond donors (Lipinski definition) is 1. The van der Waals surface area contributed by atoms with E-state index >= 15 is 0 Å². The molecule has 20 heavy (non-hydrogen) atoms. The maximum atomic E-state index is 11.9. The molecule has 0 spiro atoms. The average Bonchev–Trinajstić information content (AvgIpc) is 2.71. The van der Waals surface area contributed by atoms with Gasteiger partial charge in [-0.2, -0.15) is 8.78 Å². The van der Waals surface area contributed by atoms with Crippen LogP contribution in [0.25, 0.3) is 0 Å². The maximum Gasteiger partial charge on any atom is 0.414 e. The minimum absolute atomic E-state index is 0.258. The van der Waals surface area contributed by atoms with Crippen molar-refractivity contribution in [1.29, 1.82) is 0 Å². The summed E-state index contributed by atoms with van der Waals surface area (Å²) in [6.07, 6.45) is -1.01. The number of aromatic nitrogens is 2. The van der Waals surface area contributed by atoms with E-state index in [2.05, 4.69) is 19.7 Å². The van der Waals surface area contributed by atoms with E-state index in [1.807, 2.05) is 5.32 Å². The van der Waals surface area contributed by atoms with Crippen LogP contribution in [-0.4, -0.2) is 34.5 Å². The highest BCUT2D eigenvalue weighted by atomic mass is 19.3. The topological polar surface area (TPSA) is 104 Å². The molecule has 0 saturated carbocycles. The van der Waals surface area contributed by atoms with E-state index in [9.17, 15) is 18.4 Å². The Kier molecular flexibility index (Phi) is 5.08. The summed E-state index contributed by atoms with van der Waals surface area (Å²) in [4.78, 5) is 23.0. The zero-order valence-electron chi connectivity index (χ0n) is 11.0. The second-order valence-corrected chi connectivity index (χ2v) is 4.59. The molecule has 1 heterocycles. The Morgan fingerprint density at radius 2 is 2.00 bits per heavy atom. The molecule has 112 valence electrons. The van der Waals surface area contributed by atoms with E-state index in [4.69, 9.17) is 4.74 Å². The molecule has 2 amide bonds. The van der Waals surface area contributed by atoms with Crippen LogP contribution in [0.15, 0.2) is 4.63 Å². The first-order valence-corrected chi connectivity index (χ1v) is 5.44. The van der Waals surface area contributed by atoms with Gasteiger partial charge in [-0.3, -0.25) is 10.1 Å².